The van der Waals surface area contributed by atoms with Crippen LogP contribution >= 0.6 is 0 Å². The molecule has 2 rings (SSSR count). The van der Waals surface area contributed by atoms with Gasteiger partial charge in [0.2, 0.25) is 21.8 Å². The minimum atomic E-state index is -3.77. The molecule has 0 saturated carbocycles. The number of nitrogens with one attached hydrogen (secondary N) is 1. The van der Waals surface area contributed by atoms with E-state index in [-0.39, 0.29) is 12.5 Å². The fourth-order valence-corrected chi connectivity index (χ4v) is 4.84. The smallest absolute Gasteiger partial charge is 0.244 e. The molecule has 192 valence electrons. The van der Waals surface area contributed by atoms with E-state index in [4.69, 9.17) is 4.74 Å². The molecule has 0 radical (unpaired) electrons. The van der Waals surface area contributed by atoms with Crippen molar-refractivity contribution in [3.05, 3.63) is 59.2 Å². The van der Waals surface area contributed by atoms with Crippen molar-refractivity contribution in [2.45, 2.75) is 53.1 Å². The third kappa shape index (κ3) is 7.71. The van der Waals surface area contributed by atoms with Gasteiger partial charge in [0.25, 0.3) is 0 Å². The van der Waals surface area contributed by atoms with E-state index in [0.29, 0.717) is 24.4 Å². The Bertz CT molecular complexity index is 1130. The number of nitrogens with zero attached hydrogens (tertiary/aromatic N) is 2. The van der Waals surface area contributed by atoms with Crippen LogP contribution in [-0.4, -0.2) is 57.6 Å². The highest BCUT2D eigenvalue weighted by Crippen LogP contribution is 2.25. The Balaban J connectivity index is 2.47. The van der Waals surface area contributed by atoms with Crippen molar-refractivity contribution in [1.29, 1.82) is 0 Å². The lowest BCUT2D eigenvalue weighted by Gasteiger charge is -2.33. The molecule has 0 aliphatic heterocycles. The van der Waals surface area contributed by atoms with Gasteiger partial charge in [0.1, 0.15) is 18.3 Å². The third-order valence-corrected chi connectivity index (χ3v) is 6.85. The molecule has 35 heavy (non-hydrogen) atoms. The first-order valence-electron chi connectivity index (χ1n) is 11.8. The molecule has 2 amide bonds. The standard InChI is InChI=1S/C26H37N3O5S/c1-7-14-27-26(31)23(8-2)28(17-21-10-9-11-22(16-21)34-5)25(30)18-29(35(6,32)33)24-13-12-19(3)15-20(24)4/h9-13,15-16,23H,7-8,14,17-18H2,1-6H3,(H,27,31)/t23-/m0/s1. The average molecular weight is 504 g/mol. The number of benzene rings is 2. The molecular formula is C26H37N3O5S. The Kier molecular flexibility index (Phi) is 10.1. The molecule has 0 aliphatic rings. The lowest BCUT2D eigenvalue weighted by atomic mass is 10.1. The molecule has 9 heteroatoms. The van der Waals surface area contributed by atoms with E-state index in [9.17, 15) is 18.0 Å². The summed E-state index contributed by atoms with van der Waals surface area (Å²) in [5.41, 5.74) is 2.95. The van der Waals surface area contributed by atoms with Gasteiger partial charge in [-0.3, -0.25) is 13.9 Å². The van der Waals surface area contributed by atoms with E-state index in [1.54, 1.807) is 25.3 Å². The largest absolute Gasteiger partial charge is 0.497 e. The summed E-state index contributed by atoms with van der Waals surface area (Å²) in [5, 5.41) is 2.87. The molecule has 0 saturated heterocycles. The van der Waals surface area contributed by atoms with Gasteiger partial charge in [-0.15, -0.1) is 0 Å². The van der Waals surface area contributed by atoms with E-state index in [1.807, 2.05) is 52.0 Å². The normalized spacial score (nSPS) is 12.1. The van der Waals surface area contributed by atoms with Gasteiger partial charge >= 0.3 is 0 Å². The molecule has 0 heterocycles. The van der Waals surface area contributed by atoms with Crippen LogP contribution in [0.2, 0.25) is 0 Å². The second-order valence-electron chi connectivity index (χ2n) is 8.65. The quantitative estimate of drug-likeness (QED) is 0.479. The summed E-state index contributed by atoms with van der Waals surface area (Å²) >= 11 is 0. The maximum Gasteiger partial charge on any atom is 0.244 e. The van der Waals surface area contributed by atoms with Crippen LogP contribution in [0.3, 0.4) is 0 Å². The number of ether oxygens (including phenoxy) is 1. The van der Waals surface area contributed by atoms with Crippen LogP contribution < -0.4 is 14.4 Å². The number of aryl methyl sites for hydroxylation is 2. The third-order valence-electron chi connectivity index (χ3n) is 5.72. The van der Waals surface area contributed by atoms with E-state index < -0.39 is 28.5 Å². The highest BCUT2D eigenvalue weighted by atomic mass is 32.2. The van der Waals surface area contributed by atoms with Crippen LogP contribution in [0, 0.1) is 13.8 Å². The van der Waals surface area contributed by atoms with Crippen LogP contribution in [0.15, 0.2) is 42.5 Å². The van der Waals surface area contributed by atoms with Crippen molar-refractivity contribution >= 4 is 27.5 Å². The van der Waals surface area contributed by atoms with Gasteiger partial charge in [0.05, 0.1) is 19.1 Å². The number of hydrogen-bond acceptors (Lipinski definition) is 5. The summed E-state index contributed by atoms with van der Waals surface area (Å²) in [6.07, 6.45) is 2.23. The number of anilines is 1. The lowest BCUT2D eigenvalue weighted by molar-refractivity contribution is -0.140. The number of methoxy groups -OCH3 is 1. The highest BCUT2D eigenvalue weighted by molar-refractivity contribution is 7.92. The van der Waals surface area contributed by atoms with E-state index in [0.717, 1.165) is 33.7 Å². The topological polar surface area (TPSA) is 96.0 Å². The Morgan fingerprint density at radius 2 is 1.80 bits per heavy atom. The number of rotatable bonds is 12. The molecule has 0 aliphatic carbocycles. The minimum Gasteiger partial charge on any atom is -0.497 e. The number of carbonyl (C=O) groups is 2. The number of carbonyl (C=O) groups excluding carboxylic acids is 2. The maximum atomic E-state index is 13.7. The van der Waals surface area contributed by atoms with Crippen molar-refractivity contribution < 1.29 is 22.7 Å². The molecule has 0 bridgehead atoms. The summed E-state index contributed by atoms with van der Waals surface area (Å²) in [6.45, 7) is 7.74. The Hall–Kier alpha value is -3.07. The molecule has 1 N–H and O–H groups in total. The van der Waals surface area contributed by atoms with Crippen molar-refractivity contribution in [2.75, 3.05) is 30.8 Å². The summed E-state index contributed by atoms with van der Waals surface area (Å²) < 4.78 is 31.9. The molecule has 0 spiro atoms. The molecule has 2 aromatic rings. The second-order valence-corrected chi connectivity index (χ2v) is 10.6. The molecule has 0 unspecified atom stereocenters. The summed E-state index contributed by atoms with van der Waals surface area (Å²) in [7, 11) is -2.21. The van der Waals surface area contributed by atoms with Gasteiger partial charge in [0.15, 0.2) is 0 Å². The Morgan fingerprint density at radius 1 is 1.09 bits per heavy atom. The van der Waals surface area contributed by atoms with Crippen LogP contribution in [0.1, 0.15) is 43.4 Å². The first-order valence-corrected chi connectivity index (χ1v) is 13.6. The summed E-state index contributed by atoms with van der Waals surface area (Å²) in [4.78, 5) is 28.1. The van der Waals surface area contributed by atoms with Crippen LogP contribution in [0.5, 0.6) is 5.75 Å². The summed E-state index contributed by atoms with van der Waals surface area (Å²) in [6, 6.07) is 11.9. The molecule has 1 atom stereocenters. The fourth-order valence-electron chi connectivity index (χ4n) is 3.93. The van der Waals surface area contributed by atoms with E-state index >= 15 is 0 Å². The van der Waals surface area contributed by atoms with Gasteiger partial charge < -0.3 is 15.0 Å². The van der Waals surface area contributed by atoms with Crippen LogP contribution in [0.25, 0.3) is 0 Å². The van der Waals surface area contributed by atoms with E-state index in [1.165, 1.54) is 4.90 Å². The number of hydrogen-bond donors (Lipinski definition) is 1. The minimum absolute atomic E-state index is 0.137. The van der Waals surface area contributed by atoms with Crippen molar-refractivity contribution in [3.63, 3.8) is 0 Å². The second kappa shape index (κ2) is 12.6. The SMILES string of the molecule is CCCNC(=O)[C@H](CC)N(Cc1cccc(OC)c1)C(=O)CN(c1ccc(C)cc1C)S(C)(=O)=O. The number of amides is 2. The Labute approximate surface area is 209 Å². The zero-order valence-electron chi connectivity index (χ0n) is 21.5. The van der Waals surface area contributed by atoms with Gasteiger partial charge in [-0.05, 0) is 56.0 Å². The van der Waals surface area contributed by atoms with E-state index in [2.05, 4.69) is 5.32 Å². The van der Waals surface area contributed by atoms with Gasteiger partial charge in [-0.1, -0.05) is 43.7 Å². The average Bonchev–Trinajstić information content (AvgIpc) is 2.80. The lowest BCUT2D eigenvalue weighted by Crippen LogP contribution is -2.52. The zero-order valence-corrected chi connectivity index (χ0v) is 22.3. The monoisotopic (exact) mass is 503 g/mol. The first-order chi connectivity index (χ1) is 16.5. The predicted octanol–water partition coefficient (Wildman–Crippen LogP) is 3.41. The molecule has 8 nitrogen and oxygen atoms in total. The fraction of sp³-hybridized carbons (Fsp3) is 0.462. The molecule has 0 fully saturated rings. The highest BCUT2D eigenvalue weighted by Gasteiger charge is 2.32. The van der Waals surface area contributed by atoms with Gasteiger partial charge in [0, 0.05) is 13.1 Å². The maximum absolute atomic E-state index is 13.7. The zero-order chi connectivity index (χ0) is 26.2. The summed E-state index contributed by atoms with van der Waals surface area (Å²) in [5.74, 6) is -0.0915. The van der Waals surface area contributed by atoms with Crippen molar-refractivity contribution in [3.8, 4) is 5.75 Å². The van der Waals surface area contributed by atoms with Gasteiger partial charge in [-0.25, -0.2) is 8.42 Å². The number of sulfonamides is 1. The van der Waals surface area contributed by atoms with Crippen LogP contribution in [-0.2, 0) is 26.2 Å². The molecular weight excluding hydrogens is 466 g/mol. The van der Waals surface area contributed by atoms with Crippen molar-refractivity contribution in [1.82, 2.24) is 10.2 Å². The molecule has 2 aromatic carbocycles. The van der Waals surface area contributed by atoms with Crippen molar-refractivity contribution in [2.24, 2.45) is 0 Å². The van der Waals surface area contributed by atoms with Crippen LogP contribution in [0.4, 0.5) is 5.69 Å². The first kappa shape index (κ1) is 28.2. The Morgan fingerprint density at radius 3 is 2.37 bits per heavy atom. The predicted molar refractivity (Wildman–Crippen MR) is 139 cm³/mol. The van der Waals surface area contributed by atoms with Gasteiger partial charge in [-0.2, -0.15) is 0 Å². The molecule has 0 aromatic heterocycles.